The first-order valence-electron chi connectivity index (χ1n) is 7.46. The first-order valence-corrected chi connectivity index (χ1v) is 8.22. The molecular formula is C18H21Cl3N2O2. The number of ether oxygens (including phenoxy) is 1. The van der Waals surface area contributed by atoms with Gasteiger partial charge in [-0.1, -0.05) is 41.4 Å². The van der Waals surface area contributed by atoms with Crippen LogP contribution in [0.2, 0.25) is 10.0 Å². The van der Waals surface area contributed by atoms with Crippen molar-refractivity contribution in [1.29, 1.82) is 0 Å². The third-order valence-corrected chi connectivity index (χ3v) is 4.30. The third kappa shape index (κ3) is 5.51. The Kier molecular flexibility index (Phi) is 8.53. The highest BCUT2D eigenvalue weighted by molar-refractivity contribution is 6.36. The summed E-state index contributed by atoms with van der Waals surface area (Å²) in [6.07, 6.45) is 0. The second-order valence-electron chi connectivity index (χ2n) is 5.56. The van der Waals surface area contributed by atoms with Gasteiger partial charge in [-0.25, -0.2) is 0 Å². The minimum Gasteiger partial charge on any atom is -0.496 e. The summed E-state index contributed by atoms with van der Waals surface area (Å²) in [5, 5.41) is 3.76. The van der Waals surface area contributed by atoms with Gasteiger partial charge in [0.2, 0.25) is 0 Å². The third-order valence-electron chi connectivity index (χ3n) is 3.75. The van der Waals surface area contributed by atoms with Crippen LogP contribution in [0.5, 0.6) is 5.75 Å². The SMILES string of the molecule is COc1ccccc1C(CNC(=O)c1ccc(Cl)cc1Cl)N(C)C.Cl. The summed E-state index contributed by atoms with van der Waals surface area (Å²) >= 11 is 12.0. The number of amides is 1. The number of carbonyl (C=O) groups excluding carboxylic acids is 1. The van der Waals surface area contributed by atoms with Crippen molar-refractivity contribution in [3.8, 4) is 5.75 Å². The van der Waals surface area contributed by atoms with Gasteiger partial charge in [0.1, 0.15) is 5.75 Å². The molecule has 0 fully saturated rings. The van der Waals surface area contributed by atoms with E-state index in [4.69, 9.17) is 27.9 Å². The van der Waals surface area contributed by atoms with E-state index in [0.717, 1.165) is 11.3 Å². The summed E-state index contributed by atoms with van der Waals surface area (Å²) in [5.74, 6) is 0.549. The van der Waals surface area contributed by atoms with Crippen LogP contribution >= 0.6 is 35.6 Å². The lowest BCUT2D eigenvalue weighted by atomic mass is 10.0. The largest absolute Gasteiger partial charge is 0.496 e. The molecule has 0 aliphatic heterocycles. The summed E-state index contributed by atoms with van der Waals surface area (Å²) in [6, 6.07) is 12.6. The molecule has 0 aromatic heterocycles. The maximum Gasteiger partial charge on any atom is 0.252 e. The van der Waals surface area contributed by atoms with Crippen molar-refractivity contribution in [3.63, 3.8) is 0 Å². The van der Waals surface area contributed by atoms with Gasteiger partial charge in [0, 0.05) is 17.1 Å². The number of rotatable bonds is 6. The molecule has 7 heteroatoms. The van der Waals surface area contributed by atoms with Crippen LogP contribution in [-0.4, -0.2) is 38.6 Å². The number of likely N-dealkylation sites (N-methyl/N-ethyl adjacent to an activating group) is 1. The quantitative estimate of drug-likeness (QED) is 0.774. The molecular weight excluding hydrogens is 383 g/mol. The number of benzene rings is 2. The van der Waals surface area contributed by atoms with Crippen LogP contribution < -0.4 is 10.1 Å². The van der Waals surface area contributed by atoms with Crippen molar-refractivity contribution < 1.29 is 9.53 Å². The molecule has 2 aromatic rings. The Morgan fingerprint density at radius 3 is 2.48 bits per heavy atom. The normalized spacial score (nSPS) is 11.6. The van der Waals surface area contributed by atoms with Gasteiger partial charge >= 0.3 is 0 Å². The molecule has 0 spiro atoms. The fourth-order valence-electron chi connectivity index (χ4n) is 2.47. The Bertz CT molecular complexity index is 723. The summed E-state index contributed by atoms with van der Waals surface area (Å²) in [6.45, 7) is 0.422. The van der Waals surface area contributed by atoms with Crippen LogP contribution in [-0.2, 0) is 0 Å². The van der Waals surface area contributed by atoms with E-state index in [0.29, 0.717) is 22.2 Å². The van der Waals surface area contributed by atoms with Gasteiger partial charge in [-0.2, -0.15) is 0 Å². The maximum atomic E-state index is 12.4. The molecule has 4 nitrogen and oxygen atoms in total. The molecule has 1 unspecified atom stereocenters. The van der Waals surface area contributed by atoms with Gasteiger partial charge in [0.25, 0.3) is 5.91 Å². The molecule has 1 amide bonds. The molecule has 136 valence electrons. The van der Waals surface area contributed by atoms with E-state index >= 15 is 0 Å². The summed E-state index contributed by atoms with van der Waals surface area (Å²) in [7, 11) is 5.55. The zero-order valence-electron chi connectivity index (χ0n) is 14.3. The molecule has 0 radical (unpaired) electrons. The highest BCUT2D eigenvalue weighted by atomic mass is 35.5. The van der Waals surface area contributed by atoms with Gasteiger partial charge < -0.3 is 15.0 Å². The lowest BCUT2D eigenvalue weighted by Gasteiger charge is -2.26. The molecule has 0 bridgehead atoms. The molecule has 0 aliphatic rings. The number of nitrogens with zero attached hydrogens (tertiary/aromatic N) is 1. The van der Waals surface area contributed by atoms with Crippen molar-refractivity contribution in [2.45, 2.75) is 6.04 Å². The fourth-order valence-corrected chi connectivity index (χ4v) is 2.96. The van der Waals surface area contributed by atoms with Crippen LogP contribution in [0.25, 0.3) is 0 Å². The minimum absolute atomic E-state index is 0. The van der Waals surface area contributed by atoms with E-state index in [2.05, 4.69) is 5.32 Å². The Morgan fingerprint density at radius 2 is 1.88 bits per heavy atom. The van der Waals surface area contributed by atoms with Crippen LogP contribution in [0.1, 0.15) is 22.0 Å². The Morgan fingerprint density at radius 1 is 1.20 bits per heavy atom. The van der Waals surface area contributed by atoms with Crippen LogP contribution in [0.15, 0.2) is 42.5 Å². The first-order chi connectivity index (χ1) is 11.4. The monoisotopic (exact) mass is 402 g/mol. The van der Waals surface area contributed by atoms with Crippen molar-refractivity contribution >= 4 is 41.5 Å². The van der Waals surface area contributed by atoms with Gasteiger partial charge in [-0.05, 0) is 38.4 Å². The topological polar surface area (TPSA) is 41.6 Å². The molecule has 2 rings (SSSR count). The van der Waals surface area contributed by atoms with E-state index in [1.807, 2.05) is 43.3 Å². The highest BCUT2D eigenvalue weighted by Gasteiger charge is 2.20. The second kappa shape index (κ2) is 9.88. The Hall–Kier alpha value is -1.46. The second-order valence-corrected chi connectivity index (χ2v) is 6.40. The number of carbonyl (C=O) groups is 1. The van der Waals surface area contributed by atoms with E-state index in [1.54, 1.807) is 25.3 Å². The van der Waals surface area contributed by atoms with Crippen LogP contribution in [0.3, 0.4) is 0 Å². The van der Waals surface area contributed by atoms with Gasteiger partial charge in [-0.3, -0.25) is 4.79 Å². The maximum absolute atomic E-state index is 12.4. The van der Waals surface area contributed by atoms with E-state index in [-0.39, 0.29) is 24.4 Å². The van der Waals surface area contributed by atoms with Gasteiger partial charge in [0.05, 0.1) is 23.7 Å². The standard InChI is InChI=1S/C18H20Cl2N2O2.ClH/c1-22(2)16(14-6-4-5-7-17(14)24-3)11-21-18(23)13-9-8-12(19)10-15(13)20;/h4-10,16H,11H2,1-3H3,(H,21,23);1H. The van der Waals surface area contributed by atoms with Crippen LogP contribution in [0, 0.1) is 0 Å². The average Bonchev–Trinajstić information content (AvgIpc) is 2.55. The minimum atomic E-state index is -0.238. The molecule has 0 aliphatic carbocycles. The summed E-state index contributed by atoms with van der Waals surface area (Å²) in [5.41, 5.74) is 1.41. The molecule has 1 N–H and O–H groups in total. The van der Waals surface area contributed by atoms with Crippen molar-refractivity contribution in [1.82, 2.24) is 10.2 Å². The summed E-state index contributed by atoms with van der Waals surface area (Å²) in [4.78, 5) is 14.4. The molecule has 0 saturated heterocycles. The number of para-hydroxylation sites is 1. The zero-order valence-corrected chi connectivity index (χ0v) is 16.6. The molecule has 2 aromatic carbocycles. The van der Waals surface area contributed by atoms with Crippen molar-refractivity contribution in [3.05, 3.63) is 63.6 Å². The smallest absolute Gasteiger partial charge is 0.252 e. The number of halogens is 3. The Labute approximate surface area is 164 Å². The molecule has 0 saturated carbocycles. The lowest BCUT2D eigenvalue weighted by molar-refractivity contribution is 0.0941. The van der Waals surface area contributed by atoms with E-state index < -0.39 is 0 Å². The van der Waals surface area contributed by atoms with Crippen LogP contribution in [0.4, 0.5) is 0 Å². The van der Waals surface area contributed by atoms with Crippen molar-refractivity contribution in [2.24, 2.45) is 0 Å². The number of hydrogen-bond acceptors (Lipinski definition) is 3. The highest BCUT2D eigenvalue weighted by Crippen LogP contribution is 2.27. The zero-order chi connectivity index (χ0) is 17.7. The predicted octanol–water partition coefficient (Wildman–Crippen LogP) is 4.46. The van der Waals surface area contributed by atoms with E-state index in [9.17, 15) is 4.79 Å². The van der Waals surface area contributed by atoms with Gasteiger partial charge in [0.15, 0.2) is 0 Å². The van der Waals surface area contributed by atoms with Crippen molar-refractivity contribution in [2.75, 3.05) is 27.7 Å². The molecule has 25 heavy (non-hydrogen) atoms. The molecule has 0 heterocycles. The number of nitrogens with one attached hydrogen (secondary N) is 1. The fraction of sp³-hybridized carbons (Fsp3) is 0.278. The first kappa shape index (κ1) is 21.6. The number of methoxy groups -OCH3 is 1. The predicted molar refractivity (Wildman–Crippen MR) is 105 cm³/mol. The molecule has 1 atom stereocenters. The Balaban J connectivity index is 0.00000312. The van der Waals surface area contributed by atoms with Gasteiger partial charge in [-0.15, -0.1) is 12.4 Å². The average molecular weight is 404 g/mol. The summed E-state index contributed by atoms with van der Waals surface area (Å²) < 4.78 is 5.43. The van der Waals surface area contributed by atoms with E-state index in [1.165, 1.54) is 0 Å². The lowest BCUT2D eigenvalue weighted by Crippen LogP contribution is -2.34. The number of hydrogen-bond donors (Lipinski definition) is 1.